The van der Waals surface area contributed by atoms with E-state index in [1.54, 1.807) is 11.8 Å². The fraction of sp³-hybridized carbons (Fsp3) is 0.900. The first kappa shape index (κ1) is 11.9. The Hall–Kier alpha value is -0.220. The summed E-state index contributed by atoms with van der Waals surface area (Å²) in [7, 11) is 0. The molecule has 1 fully saturated rings. The molecule has 0 saturated carbocycles. The lowest BCUT2D eigenvalue weighted by Gasteiger charge is -2.21. The Labute approximate surface area is 90.4 Å². The molecular formula is C10H20N2OS. The number of carbonyl (C=O) groups is 1. The summed E-state index contributed by atoms with van der Waals surface area (Å²) in [6, 6.07) is 0.260. The quantitative estimate of drug-likeness (QED) is 0.736. The molecule has 1 aliphatic heterocycles. The molecule has 0 radical (unpaired) electrons. The van der Waals surface area contributed by atoms with Crippen molar-refractivity contribution in [2.45, 2.75) is 38.0 Å². The van der Waals surface area contributed by atoms with Gasteiger partial charge in [-0.1, -0.05) is 0 Å². The van der Waals surface area contributed by atoms with Crippen molar-refractivity contribution in [1.82, 2.24) is 10.6 Å². The Morgan fingerprint density at radius 2 is 2.14 bits per heavy atom. The van der Waals surface area contributed by atoms with Gasteiger partial charge in [0.2, 0.25) is 5.91 Å². The van der Waals surface area contributed by atoms with Gasteiger partial charge in [0.25, 0.3) is 0 Å². The summed E-state index contributed by atoms with van der Waals surface area (Å²) in [6.45, 7) is 6.19. The molecule has 2 N–H and O–H groups in total. The van der Waals surface area contributed by atoms with Crippen molar-refractivity contribution in [3.05, 3.63) is 0 Å². The van der Waals surface area contributed by atoms with Crippen LogP contribution in [0.15, 0.2) is 0 Å². The van der Waals surface area contributed by atoms with Crippen LogP contribution in [0.5, 0.6) is 0 Å². The molecule has 1 heterocycles. The average molecular weight is 216 g/mol. The van der Waals surface area contributed by atoms with Crippen LogP contribution in [-0.2, 0) is 4.79 Å². The Morgan fingerprint density at radius 3 is 2.71 bits per heavy atom. The van der Waals surface area contributed by atoms with Crippen molar-refractivity contribution in [3.63, 3.8) is 0 Å². The molecule has 82 valence electrons. The van der Waals surface area contributed by atoms with Crippen LogP contribution in [0.3, 0.4) is 0 Å². The van der Waals surface area contributed by atoms with Gasteiger partial charge in [0.15, 0.2) is 0 Å². The monoisotopic (exact) mass is 216 g/mol. The van der Waals surface area contributed by atoms with Crippen LogP contribution in [-0.4, -0.2) is 36.0 Å². The largest absolute Gasteiger partial charge is 0.353 e. The van der Waals surface area contributed by atoms with Crippen molar-refractivity contribution in [2.75, 3.05) is 18.8 Å². The highest BCUT2D eigenvalue weighted by molar-refractivity contribution is 8.00. The minimum Gasteiger partial charge on any atom is -0.353 e. The molecule has 1 rings (SSSR count). The predicted molar refractivity (Wildman–Crippen MR) is 61.6 cm³/mol. The van der Waals surface area contributed by atoms with Gasteiger partial charge in [-0.25, -0.2) is 0 Å². The fourth-order valence-corrected chi connectivity index (χ4v) is 2.56. The second kappa shape index (κ2) is 6.30. The zero-order chi connectivity index (χ0) is 10.4. The van der Waals surface area contributed by atoms with Gasteiger partial charge < -0.3 is 10.6 Å². The second-order valence-electron chi connectivity index (χ2n) is 3.98. The molecule has 0 bridgehead atoms. The SMILES string of the molecule is CC(C)NC(=O)CSC1CCNCC1. The van der Waals surface area contributed by atoms with Gasteiger partial charge in [0.1, 0.15) is 0 Å². The zero-order valence-corrected chi connectivity index (χ0v) is 9.82. The van der Waals surface area contributed by atoms with Crippen LogP contribution in [0.1, 0.15) is 26.7 Å². The molecule has 0 aromatic rings. The Morgan fingerprint density at radius 1 is 1.50 bits per heavy atom. The molecule has 3 nitrogen and oxygen atoms in total. The lowest BCUT2D eigenvalue weighted by Crippen LogP contribution is -2.34. The normalized spacial score (nSPS) is 18.5. The molecule has 0 spiro atoms. The first-order valence-electron chi connectivity index (χ1n) is 5.30. The molecule has 1 amide bonds. The molecule has 0 aromatic heterocycles. The van der Waals surface area contributed by atoms with E-state index < -0.39 is 0 Å². The summed E-state index contributed by atoms with van der Waals surface area (Å²) < 4.78 is 0. The van der Waals surface area contributed by atoms with Crippen molar-refractivity contribution >= 4 is 17.7 Å². The van der Waals surface area contributed by atoms with Gasteiger partial charge in [-0.2, -0.15) is 0 Å². The van der Waals surface area contributed by atoms with Crippen molar-refractivity contribution in [1.29, 1.82) is 0 Å². The smallest absolute Gasteiger partial charge is 0.230 e. The van der Waals surface area contributed by atoms with E-state index in [0.717, 1.165) is 13.1 Å². The molecule has 0 unspecified atom stereocenters. The summed E-state index contributed by atoms with van der Waals surface area (Å²) in [5.74, 6) is 0.784. The lowest BCUT2D eigenvalue weighted by molar-refractivity contribution is -0.119. The topological polar surface area (TPSA) is 41.1 Å². The summed E-state index contributed by atoms with van der Waals surface area (Å²) in [6.07, 6.45) is 2.39. The molecule has 1 aliphatic rings. The fourth-order valence-electron chi connectivity index (χ4n) is 1.52. The van der Waals surface area contributed by atoms with Gasteiger partial charge in [-0.15, -0.1) is 11.8 Å². The van der Waals surface area contributed by atoms with Crippen molar-refractivity contribution in [2.24, 2.45) is 0 Å². The van der Waals surface area contributed by atoms with E-state index in [1.807, 2.05) is 13.8 Å². The van der Waals surface area contributed by atoms with Gasteiger partial charge in [0.05, 0.1) is 5.75 Å². The van der Waals surface area contributed by atoms with Crippen LogP contribution in [0.25, 0.3) is 0 Å². The molecule has 4 heteroatoms. The Bertz CT molecular complexity index is 179. The number of piperidine rings is 1. The first-order valence-corrected chi connectivity index (χ1v) is 6.35. The summed E-state index contributed by atoms with van der Waals surface area (Å²) >= 11 is 1.80. The van der Waals surface area contributed by atoms with Gasteiger partial charge >= 0.3 is 0 Å². The van der Waals surface area contributed by atoms with Crippen LogP contribution >= 0.6 is 11.8 Å². The van der Waals surface area contributed by atoms with Gasteiger partial charge in [0, 0.05) is 11.3 Å². The zero-order valence-electron chi connectivity index (χ0n) is 9.01. The van der Waals surface area contributed by atoms with E-state index in [1.165, 1.54) is 12.8 Å². The molecule has 14 heavy (non-hydrogen) atoms. The molecular weight excluding hydrogens is 196 g/mol. The maximum Gasteiger partial charge on any atom is 0.230 e. The van der Waals surface area contributed by atoms with Crippen LogP contribution in [0.2, 0.25) is 0 Å². The van der Waals surface area contributed by atoms with Crippen molar-refractivity contribution < 1.29 is 4.79 Å². The van der Waals surface area contributed by atoms with E-state index in [0.29, 0.717) is 11.0 Å². The van der Waals surface area contributed by atoms with E-state index >= 15 is 0 Å². The highest BCUT2D eigenvalue weighted by Gasteiger charge is 2.14. The minimum absolute atomic E-state index is 0.170. The standard InChI is InChI=1S/C10H20N2OS/c1-8(2)12-10(13)7-14-9-3-5-11-6-4-9/h8-9,11H,3-7H2,1-2H3,(H,12,13). The number of thioether (sulfide) groups is 1. The maximum absolute atomic E-state index is 11.3. The Balaban J connectivity index is 2.09. The van der Waals surface area contributed by atoms with Gasteiger partial charge in [-0.3, -0.25) is 4.79 Å². The molecule has 0 aromatic carbocycles. The summed E-state index contributed by atoms with van der Waals surface area (Å²) in [5, 5.41) is 6.90. The van der Waals surface area contributed by atoms with Gasteiger partial charge in [-0.05, 0) is 39.8 Å². The number of hydrogen-bond acceptors (Lipinski definition) is 3. The lowest BCUT2D eigenvalue weighted by atomic mass is 10.2. The van der Waals surface area contributed by atoms with E-state index in [2.05, 4.69) is 10.6 Å². The third-order valence-electron chi connectivity index (χ3n) is 2.19. The predicted octanol–water partition coefficient (Wildman–Crippen LogP) is 0.996. The van der Waals surface area contributed by atoms with Crippen molar-refractivity contribution in [3.8, 4) is 0 Å². The number of hydrogen-bond donors (Lipinski definition) is 2. The first-order chi connectivity index (χ1) is 6.68. The summed E-state index contributed by atoms with van der Waals surface area (Å²) in [4.78, 5) is 11.3. The molecule has 0 aliphatic carbocycles. The maximum atomic E-state index is 11.3. The van der Waals surface area contributed by atoms with E-state index in [9.17, 15) is 4.79 Å². The second-order valence-corrected chi connectivity index (χ2v) is 5.27. The van der Waals surface area contributed by atoms with Crippen LogP contribution in [0.4, 0.5) is 0 Å². The third-order valence-corrected chi connectivity index (χ3v) is 3.56. The van der Waals surface area contributed by atoms with Crippen LogP contribution < -0.4 is 10.6 Å². The van der Waals surface area contributed by atoms with E-state index in [-0.39, 0.29) is 11.9 Å². The Kier molecular flexibility index (Phi) is 5.33. The number of amides is 1. The highest BCUT2D eigenvalue weighted by Crippen LogP contribution is 2.19. The highest BCUT2D eigenvalue weighted by atomic mass is 32.2. The summed E-state index contributed by atoms with van der Waals surface area (Å²) in [5.41, 5.74) is 0. The number of rotatable bonds is 4. The number of carbonyl (C=O) groups excluding carboxylic acids is 1. The molecule has 1 saturated heterocycles. The van der Waals surface area contributed by atoms with Crippen LogP contribution in [0, 0.1) is 0 Å². The van der Waals surface area contributed by atoms with E-state index in [4.69, 9.17) is 0 Å². The minimum atomic E-state index is 0.170. The third kappa shape index (κ3) is 4.86. The average Bonchev–Trinajstić information content (AvgIpc) is 2.15. The molecule has 0 atom stereocenters. The number of nitrogens with one attached hydrogen (secondary N) is 2.